The van der Waals surface area contributed by atoms with Crippen molar-refractivity contribution in [3.05, 3.63) is 27.7 Å². The third-order valence-corrected chi connectivity index (χ3v) is 4.88. The number of carbonyl (C=O) groups excluding carboxylic acids is 1. The highest BCUT2D eigenvalue weighted by molar-refractivity contribution is 9.10. The molecule has 2 N–H and O–H groups in total. The smallest absolute Gasteiger partial charge is 0.258 e. The van der Waals surface area contributed by atoms with Crippen LogP contribution in [0, 0.1) is 0 Å². The van der Waals surface area contributed by atoms with E-state index in [0.29, 0.717) is 22.9 Å². The van der Waals surface area contributed by atoms with Gasteiger partial charge in [0.15, 0.2) is 6.61 Å². The van der Waals surface area contributed by atoms with Gasteiger partial charge in [0, 0.05) is 22.6 Å². The van der Waals surface area contributed by atoms with E-state index in [9.17, 15) is 4.79 Å². The van der Waals surface area contributed by atoms with Gasteiger partial charge >= 0.3 is 0 Å². The van der Waals surface area contributed by atoms with Crippen LogP contribution in [0.4, 0.5) is 0 Å². The minimum Gasteiger partial charge on any atom is -0.482 e. The minimum absolute atomic E-state index is 0. The Kier molecular flexibility index (Phi) is 6.38. The summed E-state index contributed by atoms with van der Waals surface area (Å²) in [7, 11) is 0. The molecule has 1 amide bonds. The minimum atomic E-state index is -0.0831. The average molecular weight is 410 g/mol. The van der Waals surface area contributed by atoms with Crippen molar-refractivity contribution >= 4 is 45.8 Å². The molecular weight excluding hydrogens is 391 g/mol. The topological polar surface area (TPSA) is 50.4 Å². The SMILES string of the molecule is Cl.O=C(COc1ccc(Br)cc1Cl)NC1CC2CCC(C1)N2. The first-order valence-electron chi connectivity index (χ1n) is 7.23. The van der Waals surface area contributed by atoms with Gasteiger partial charge in [-0.05, 0) is 43.9 Å². The summed E-state index contributed by atoms with van der Waals surface area (Å²) in [5.41, 5.74) is 0. The van der Waals surface area contributed by atoms with Crippen LogP contribution in [0.5, 0.6) is 5.75 Å². The molecular formula is C15H19BrCl2N2O2. The van der Waals surface area contributed by atoms with Crippen molar-refractivity contribution in [3.63, 3.8) is 0 Å². The molecule has 0 aliphatic carbocycles. The molecule has 2 aliphatic rings. The number of carbonyl (C=O) groups is 1. The lowest BCUT2D eigenvalue weighted by Crippen LogP contribution is -2.48. The number of piperidine rings is 1. The van der Waals surface area contributed by atoms with E-state index >= 15 is 0 Å². The third kappa shape index (κ3) is 4.51. The summed E-state index contributed by atoms with van der Waals surface area (Å²) < 4.78 is 6.37. The zero-order chi connectivity index (χ0) is 14.8. The van der Waals surface area contributed by atoms with E-state index in [2.05, 4.69) is 26.6 Å². The van der Waals surface area contributed by atoms with Gasteiger partial charge in [0.05, 0.1) is 5.02 Å². The zero-order valence-electron chi connectivity index (χ0n) is 12.0. The molecule has 22 heavy (non-hydrogen) atoms. The van der Waals surface area contributed by atoms with E-state index in [0.717, 1.165) is 17.3 Å². The summed E-state index contributed by atoms with van der Waals surface area (Å²) in [6.45, 7) is 0.000609. The highest BCUT2D eigenvalue weighted by Gasteiger charge is 2.33. The van der Waals surface area contributed by atoms with Crippen molar-refractivity contribution in [2.75, 3.05) is 6.61 Å². The zero-order valence-corrected chi connectivity index (χ0v) is 15.1. The molecule has 122 valence electrons. The first-order chi connectivity index (χ1) is 10.1. The molecule has 1 aromatic carbocycles. The maximum atomic E-state index is 12.0. The van der Waals surface area contributed by atoms with Gasteiger partial charge in [0.25, 0.3) is 5.91 Å². The third-order valence-electron chi connectivity index (χ3n) is 4.09. The molecule has 2 fully saturated rings. The number of amides is 1. The Labute approximate surface area is 149 Å². The lowest BCUT2D eigenvalue weighted by atomic mass is 10.00. The van der Waals surface area contributed by atoms with Crippen LogP contribution in [0.25, 0.3) is 0 Å². The van der Waals surface area contributed by atoms with E-state index < -0.39 is 0 Å². The van der Waals surface area contributed by atoms with E-state index in [1.807, 2.05) is 6.07 Å². The molecule has 3 rings (SSSR count). The summed E-state index contributed by atoms with van der Waals surface area (Å²) >= 11 is 9.39. The monoisotopic (exact) mass is 408 g/mol. The Hall–Kier alpha value is -0.490. The van der Waals surface area contributed by atoms with Crippen LogP contribution in [0.3, 0.4) is 0 Å². The molecule has 2 unspecified atom stereocenters. The van der Waals surface area contributed by atoms with Gasteiger partial charge in [0.2, 0.25) is 0 Å². The van der Waals surface area contributed by atoms with Crippen LogP contribution in [-0.4, -0.2) is 30.6 Å². The Morgan fingerprint density at radius 1 is 1.36 bits per heavy atom. The lowest BCUT2D eigenvalue weighted by Gasteiger charge is -2.29. The lowest BCUT2D eigenvalue weighted by molar-refractivity contribution is -0.124. The predicted octanol–water partition coefficient (Wildman–Crippen LogP) is 3.30. The van der Waals surface area contributed by atoms with Crippen LogP contribution < -0.4 is 15.4 Å². The van der Waals surface area contributed by atoms with Crippen molar-refractivity contribution in [1.29, 1.82) is 0 Å². The Morgan fingerprint density at radius 3 is 2.68 bits per heavy atom. The van der Waals surface area contributed by atoms with Gasteiger partial charge in [0.1, 0.15) is 5.75 Å². The quantitative estimate of drug-likeness (QED) is 0.801. The van der Waals surface area contributed by atoms with E-state index in [1.165, 1.54) is 12.8 Å². The van der Waals surface area contributed by atoms with Crippen LogP contribution in [0.15, 0.2) is 22.7 Å². The van der Waals surface area contributed by atoms with Crippen molar-refractivity contribution in [3.8, 4) is 5.75 Å². The van der Waals surface area contributed by atoms with Gasteiger partial charge < -0.3 is 15.4 Å². The summed E-state index contributed by atoms with van der Waals surface area (Å²) in [4.78, 5) is 12.0. The molecule has 0 aromatic heterocycles. The Morgan fingerprint density at radius 2 is 2.05 bits per heavy atom. The first kappa shape index (κ1) is 17.9. The molecule has 2 saturated heterocycles. The van der Waals surface area contributed by atoms with Crippen molar-refractivity contribution in [2.45, 2.75) is 43.8 Å². The van der Waals surface area contributed by atoms with E-state index in [4.69, 9.17) is 16.3 Å². The van der Waals surface area contributed by atoms with Gasteiger partial charge in [-0.1, -0.05) is 27.5 Å². The van der Waals surface area contributed by atoms with Gasteiger partial charge in [-0.3, -0.25) is 4.79 Å². The normalized spacial score (nSPS) is 26.2. The summed E-state index contributed by atoms with van der Waals surface area (Å²) in [5.74, 6) is 0.445. The molecule has 2 bridgehead atoms. The number of hydrogen-bond acceptors (Lipinski definition) is 3. The Bertz CT molecular complexity index is 532. The number of rotatable bonds is 4. The molecule has 0 radical (unpaired) electrons. The molecule has 1 aromatic rings. The fourth-order valence-corrected chi connectivity index (χ4v) is 3.91. The van der Waals surface area contributed by atoms with Crippen molar-refractivity contribution in [1.82, 2.24) is 10.6 Å². The predicted molar refractivity (Wildman–Crippen MR) is 93.0 cm³/mol. The van der Waals surface area contributed by atoms with Gasteiger partial charge in [-0.15, -0.1) is 12.4 Å². The highest BCUT2D eigenvalue weighted by Crippen LogP contribution is 2.28. The second kappa shape index (κ2) is 7.86. The highest BCUT2D eigenvalue weighted by atomic mass is 79.9. The first-order valence-corrected chi connectivity index (χ1v) is 8.40. The molecule has 0 spiro atoms. The second-order valence-electron chi connectivity index (χ2n) is 5.74. The molecule has 4 nitrogen and oxygen atoms in total. The summed E-state index contributed by atoms with van der Waals surface area (Å²) in [5, 5.41) is 7.12. The summed E-state index contributed by atoms with van der Waals surface area (Å²) in [6, 6.07) is 6.74. The number of halogens is 3. The number of fused-ring (bicyclic) bond motifs is 2. The molecule has 2 heterocycles. The number of hydrogen-bond donors (Lipinski definition) is 2. The maximum absolute atomic E-state index is 12.0. The van der Waals surface area contributed by atoms with E-state index in [-0.39, 0.29) is 31.0 Å². The van der Waals surface area contributed by atoms with Crippen molar-refractivity contribution in [2.24, 2.45) is 0 Å². The number of benzene rings is 1. The van der Waals surface area contributed by atoms with Crippen LogP contribution in [0.1, 0.15) is 25.7 Å². The van der Waals surface area contributed by atoms with E-state index in [1.54, 1.807) is 12.1 Å². The largest absolute Gasteiger partial charge is 0.482 e. The molecule has 7 heteroatoms. The van der Waals surface area contributed by atoms with Gasteiger partial charge in [-0.2, -0.15) is 0 Å². The van der Waals surface area contributed by atoms with Crippen LogP contribution >= 0.6 is 39.9 Å². The number of ether oxygens (including phenoxy) is 1. The van der Waals surface area contributed by atoms with Crippen LogP contribution in [-0.2, 0) is 4.79 Å². The average Bonchev–Trinajstić information content (AvgIpc) is 2.77. The molecule has 2 aliphatic heterocycles. The second-order valence-corrected chi connectivity index (χ2v) is 7.06. The molecule has 2 atom stereocenters. The fourth-order valence-electron chi connectivity index (χ4n) is 3.18. The van der Waals surface area contributed by atoms with Crippen molar-refractivity contribution < 1.29 is 9.53 Å². The fraction of sp³-hybridized carbons (Fsp3) is 0.533. The summed E-state index contributed by atoms with van der Waals surface area (Å²) in [6.07, 6.45) is 4.48. The number of nitrogens with one attached hydrogen (secondary N) is 2. The molecule has 0 saturated carbocycles. The van der Waals surface area contributed by atoms with Crippen LogP contribution in [0.2, 0.25) is 5.02 Å². The van der Waals surface area contributed by atoms with Gasteiger partial charge in [-0.25, -0.2) is 0 Å². The maximum Gasteiger partial charge on any atom is 0.258 e. The standard InChI is InChI=1S/C15H18BrClN2O2.ClH/c16-9-1-4-14(13(17)5-9)21-8-15(20)19-12-6-10-2-3-11(7-12)18-10;/h1,4-5,10-12,18H,2-3,6-8H2,(H,19,20);1H. The Balaban J connectivity index is 0.00000176.